The number of carbonyl (C=O) groups excluding carboxylic acids is 2. The highest BCUT2D eigenvalue weighted by Gasteiger charge is 2.31. The van der Waals surface area contributed by atoms with Gasteiger partial charge >= 0.3 is 12.6 Å². The molecule has 1 aliphatic carbocycles. The van der Waals surface area contributed by atoms with Gasteiger partial charge in [-0.05, 0) is 48.9 Å². The number of amides is 1. The van der Waals surface area contributed by atoms with Gasteiger partial charge in [-0.2, -0.15) is 8.78 Å². The molecule has 0 spiro atoms. The molecule has 1 amide bonds. The Balaban J connectivity index is 1.68. The molecule has 31 heavy (non-hydrogen) atoms. The van der Waals surface area contributed by atoms with E-state index in [1.807, 2.05) is 4.90 Å². The number of nitrogens with zero attached hydrogens (tertiary/aromatic N) is 1. The van der Waals surface area contributed by atoms with E-state index in [9.17, 15) is 18.4 Å². The van der Waals surface area contributed by atoms with Crippen LogP contribution in [-0.2, 0) is 16.1 Å². The van der Waals surface area contributed by atoms with Gasteiger partial charge in [0.1, 0.15) is 4.88 Å². The summed E-state index contributed by atoms with van der Waals surface area (Å²) in [6.45, 7) is -0.307. The van der Waals surface area contributed by atoms with E-state index >= 15 is 0 Å². The van der Waals surface area contributed by atoms with Crippen LogP contribution in [0.3, 0.4) is 0 Å². The summed E-state index contributed by atoms with van der Waals surface area (Å²) in [6, 6.07) is 6.71. The molecule has 168 valence electrons. The summed E-state index contributed by atoms with van der Waals surface area (Å²) in [7, 11) is 1.29. The Kier molecular flexibility index (Phi) is 7.80. The molecule has 0 radical (unpaired) electrons. The SMILES string of the molecule is CCOc1cc(CN(CC(=O)Nc2ccsc2C(=O)OC)C2CC2)ccc1OC(F)F. The zero-order valence-electron chi connectivity index (χ0n) is 17.2. The van der Waals surface area contributed by atoms with Gasteiger partial charge in [0.15, 0.2) is 11.5 Å². The molecule has 0 bridgehead atoms. The van der Waals surface area contributed by atoms with Crippen molar-refractivity contribution < 1.29 is 32.6 Å². The van der Waals surface area contributed by atoms with E-state index in [4.69, 9.17) is 9.47 Å². The fourth-order valence-electron chi connectivity index (χ4n) is 3.13. The smallest absolute Gasteiger partial charge is 0.387 e. The fourth-order valence-corrected chi connectivity index (χ4v) is 3.90. The largest absolute Gasteiger partial charge is 0.490 e. The molecular formula is C21H24F2N2O5S. The van der Waals surface area contributed by atoms with Gasteiger partial charge in [0.2, 0.25) is 5.91 Å². The molecule has 3 rings (SSSR count). The number of hydrogen-bond acceptors (Lipinski definition) is 7. The molecular weight excluding hydrogens is 430 g/mol. The molecule has 10 heteroatoms. The molecule has 0 unspecified atom stereocenters. The monoisotopic (exact) mass is 454 g/mol. The topological polar surface area (TPSA) is 77.1 Å². The molecule has 7 nitrogen and oxygen atoms in total. The Labute approximate surface area is 182 Å². The van der Waals surface area contributed by atoms with Crippen molar-refractivity contribution in [3.63, 3.8) is 0 Å². The summed E-state index contributed by atoms with van der Waals surface area (Å²) in [5, 5.41) is 4.48. The molecule has 1 aromatic carbocycles. The lowest BCUT2D eigenvalue weighted by Crippen LogP contribution is -2.34. The number of anilines is 1. The van der Waals surface area contributed by atoms with Gasteiger partial charge < -0.3 is 19.5 Å². The zero-order valence-corrected chi connectivity index (χ0v) is 18.0. The van der Waals surface area contributed by atoms with Crippen LogP contribution in [0.5, 0.6) is 11.5 Å². The van der Waals surface area contributed by atoms with Crippen molar-refractivity contribution in [3.05, 3.63) is 40.1 Å². The third-order valence-corrected chi connectivity index (χ3v) is 5.52. The number of ether oxygens (including phenoxy) is 3. The van der Waals surface area contributed by atoms with Gasteiger partial charge in [-0.15, -0.1) is 11.3 Å². The van der Waals surface area contributed by atoms with Gasteiger partial charge in [0.25, 0.3) is 0 Å². The molecule has 1 aromatic heterocycles. The number of carbonyl (C=O) groups is 2. The van der Waals surface area contributed by atoms with Gasteiger partial charge in [0.05, 0.1) is 25.9 Å². The van der Waals surface area contributed by atoms with Crippen molar-refractivity contribution in [1.29, 1.82) is 0 Å². The van der Waals surface area contributed by atoms with Crippen LogP contribution in [0.25, 0.3) is 0 Å². The number of hydrogen-bond donors (Lipinski definition) is 1. The van der Waals surface area contributed by atoms with Crippen LogP contribution in [0.4, 0.5) is 14.5 Å². The minimum Gasteiger partial charge on any atom is -0.490 e. The van der Waals surface area contributed by atoms with Gasteiger partial charge in [-0.3, -0.25) is 9.69 Å². The van der Waals surface area contributed by atoms with Gasteiger partial charge in [0, 0.05) is 12.6 Å². The summed E-state index contributed by atoms with van der Waals surface area (Å²) in [5.41, 5.74) is 1.24. The average Bonchev–Trinajstić information content (AvgIpc) is 3.48. The molecule has 0 saturated heterocycles. The molecule has 0 aliphatic heterocycles. The van der Waals surface area contributed by atoms with Crippen LogP contribution in [0.1, 0.15) is 35.0 Å². The first kappa shape index (κ1) is 23.0. The average molecular weight is 454 g/mol. The molecule has 0 atom stereocenters. The van der Waals surface area contributed by atoms with Crippen molar-refractivity contribution in [1.82, 2.24) is 4.90 Å². The van der Waals surface area contributed by atoms with Crippen LogP contribution < -0.4 is 14.8 Å². The minimum atomic E-state index is -2.94. The van der Waals surface area contributed by atoms with E-state index in [1.165, 1.54) is 24.5 Å². The Morgan fingerprint density at radius 1 is 1.26 bits per heavy atom. The van der Waals surface area contributed by atoms with Crippen molar-refractivity contribution in [2.75, 3.05) is 25.6 Å². The van der Waals surface area contributed by atoms with Crippen LogP contribution >= 0.6 is 11.3 Å². The van der Waals surface area contributed by atoms with Crippen molar-refractivity contribution in [2.24, 2.45) is 0 Å². The third-order valence-electron chi connectivity index (χ3n) is 4.63. The summed E-state index contributed by atoms with van der Waals surface area (Å²) >= 11 is 1.19. The number of rotatable bonds is 11. The summed E-state index contributed by atoms with van der Waals surface area (Å²) < 4.78 is 39.9. The number of halogens is 2. The van der Waals surface area contributed by atoms with Gasteiger partial charge in [-0.1, -0.05) is 6.07 Å². The quantitative estimate of drug-likeness (QED) is 0.515. The minimum absolute atomic E-state index is 0.0240. The Bertz CT molecular complexity index is 917. The number of methoxy groups -OCH3 is 1. The second-order valence-corrected chi connectivity index (χ2v) is 7.85. The molecule has 1 fully saturated rings. The highest BCUT2D eigenvalue weighted by molar-refractivity contribution is 7.12. The van der Waals surface area contributed by atoms with E-state index in [-0.39, 0.29) is 30.0 Å². The molecule has 1 saturated carbocycles. The number of alkyl halides is 2. The number of benzene rings is 1. The van der Waals surface area contributed by atoms with E-state index in [0.29, 0.717) is 23.7 Å². The van der Waals surface area contributed by atoms with Crippen molar-refractivity contribution >= 4 is 28.9 Å². The predicted molar refractivity (Wildman–Crippen MR) is 112 cm³/mol. The summed E-state index contributed by atoms with van der Waals surface area (Å²) in [6.07, 6.45) is 1.95. The standard InChI is InChI=1S/C21H24F2N2O5S/c1-3-29-17-10-13(4-7-16(17)30-21(22)23)11-25(14-5-6-14)12-18(26)24-15-8-9-31-19(15)20(27)28-2/h4,7-10,14,21H,3,5-6,11-12H2,1-2H3,(H,24,26). The summed E-state index contributed by atoms with van der Waals surface area (Å²) in [4.78, 5) is 26.8. The normalized spacial score (nSPS) is 13.4. The van der Waals surface area contributed by atoms with E-state index < -0.39 is 12.6 Å². The van der Waals surface area contributed by atoms with Crippen molar-refractivity contribution in [3.8, 4) is 11.5 Å². The second-order valence-electron chi connectivity index (χ2n) is 6.93. The highest BCUT2D eigenvalue weighted by Crippen LogP contribution is 2.33. The Morgan fingerprint density at radius 3 is 2.68 bits per heavy atom. The maximum absolute atomic E-state index is 12.6. The molecule has 1 heterocycles. The maximum Gasteiger partial charge on any atom is 0.387 e. The van der Waals surface area contributed by atoms with Crippen molar-refractivity contribution in [2.45, 2.75) is 39.0 Å². The Hall–Kier alpha value is -2.72. The maximum atomic E-state index is 12.6. The highest BCUT2D eigenvalue weighted by atomic mass is 32.1. The Morgan fingerprint density at radius 2 is 2.03 bits per heavy atom. The van der Waals surface area contributed by atoms with Crippen LogP contribution in [0.15, 0.2) is 29.6 Å². The molecule has 1 N–H and O–H groups in total. The van der Waals surface area contributed by atoms with Crippen LogP contribution in [0.2, 0.25) is 0 Å². The van der Waals surface area contributed by atoms with Crippen LogP contribution in [0, 0.1) is 0 Å². The number of thiophene rings is 1. The first-order chi connectivity index (χ1) is 14.9. The lowest BCUT2D eigenvalue weighted by Gasteiger charge is -2.22. The fraction of sp³-hybridized carbons (Fsp3) is 0.429. The second kappa shape index (κ2) is 10.5. The van der Waals surface area contributed by atoms with Gasteiger partial charge in [-0.25, -0.2) is 4.79 Å². The lowest BCUT2D eigenvalue weighted by molar-refractivity contribution is -0.117. The third kappa shape index (κ3) is 6.38. The molecule has 1 aliphatic rings. The molecule has 2 aromatic rings. The number of esters is 1. The van der Waals surface area contributed by atoms with E-state index in [2.05, 4.69) is 10.1 Å². The predicted octanol–water partition coefficient (Wildman–Crippen LogP) is 4.14. The first-order valence-corrected chi connectivity index (χ1v) is 10.7. The zero-order chi connectivity index (χ0) is 22.4. The summed E-state index contributed by atoms with van der Waals surface area (Å²) in [5.74, 6) is -0.539. The van der Waals surface area contributed by atoms with E-state index in [1.54, 1.807) is 30.5 Å². The van der Waals surface area contributed by atoms with Crippen LogP contribution in [-0.4, -0.2) is 49.7 Å². The first-order valence-electron chi connectivity index (χ1n) is 9.81. The van der Waals surface area contributed by atoms with E-state index in [0.717, 1.165) is 18.4 Å². The number of nitrogens with one attached hydrogen (secondary N) is 1. The lowest BCUT2D eigenvalue weighted by atomic mass is 10.2.